The third-order valence-corrected chi connectivity index (χ3v) is 8.76. The third kappa shape index (κ3) is 8.64. The quantitative estimate of drug-likeness (QED) is 0.256. The SMILES string of the molecule is CCOc1ccc(N(CC(=O)N(Cc2cccc(Br)c2)[C@H](C)C(=O)NC(C)C)S(=O)(=O)c2ccc(OC)c(OC)c2)cc1. The summed E-state index contributed by atoms with van der Waals surface area (Å²) in [5.74, 6) is 0.210. The lowest BCUT2D eigenvalue weighted by Crippen LogP contribution is -2.52. The Labute approximate surface area is 262 Å². The number of benzene rings is 3. The van der Waals surface area contributed by atoms with Crippen molar-refractivity contribution in [3.05, 3.63) is 76.8 Å². The standard InChI is InChI=1S/C31H38BrN3O7S/c1-7-42-26-13-11-25(12-14-26)35(43(38,39)27-15-16-28(40-5)29(18-27)41-6)20-30(36)34(22(4)31(37)33-21(2)3)19-23-9-8-10-24(32)17-23/h8-18,21-22H,7,19-20H2,1-6H3,(H,33,37)/t22-/m1/s1. The van der Waals surface area contributed by atoms with Gasteiger partial charge in [0.25, 0.3) is 10.0 Å². The number of amides is 2. The van der Waals surface area contributed by atoms with Crippen LogP contribution < -0.4 is 23.8 Å². The summed E-state index contributed by atoms with van der Waals surface area (Å²) < 4.78 is 46.3. The maximum atomic E-state index is 14.2. The van der Waals surface area contributed by atoms with Crippen molar-refractivity contribution in [2.75, 3.05) is 31.7 Å². The van der Waals surface area contributed by atoms with Crippen LogP contribution in [0, 0.1) is 0 Å². The summed E-state index contributed by atoms with van der Waals surface area (Å²) in [6, 6.07) is 17.0. The number of sulfonamides is 1. The first-order chi connectivity index (χ1) is 20.4. The molecule has 0 bridgehead atoms. The summed E-state index contributed by atoms with van der Waals surface area (Å²) in [5, 5.41) is 2.84. The molecule has 0 aliphatic heterocycles. The molecular weight excluding hydrogens is 638 g/mol. The molecule has 3 aromatic carbocycles. The molecule has 43 heavy (non-hydrogen) atoms. The van der Waals surface area contributed by atoms with E-state index in [0.29, 0.717) is 18.1 Å². The van der Waals surface area contributed by atoms with Crippen LogP contribution in [0.2, 0.25) is 0 Å². The summed E-state index contributed by atoms with van der Waals surface area (Å²) in [5.41, 5.74) is 1.01. The molecule has 0 aliphatic carbocycles. The van der Waals surface area contributed by atoms with Crippen LogP contribution in [0.4, 0.5) is 5.69 Å². The number of halogens is 1. The molecule has 0 aromatic heterocycles. The van der Waals surface area contributed by atoms with Gasteiger partial charge in [-0.3, -0.25) is 13.9 Å². The van der Waals surface area contributed by atoms with E-state index in [0.717, 1.165) is 14.3 Å². The Hall–Kier alpha value is -3.77. The molecule has 3 aromatic rings. The molecule has 0 aliphatic rings. The van der Waals surface area contributed by atoms with Crippen LogP contribution in [0.5, 0.6) is 17.2 Å². The number of hydrogen-bond acceptors (Lipinski definition) is 7. The predicted octanol–water partition coefficient (Wildman–Crippen LogP) is 5.00. The third-order valence-electron chi connectivity index (χ3n) is 6.50. The topological polar surface area (TPSA) is 114 Å². The van der Waals surface area contributed by atoms with Crippen LogP contribution in [0.15, 0.2) is 76.1 Å². The zero-order valence-electron chi connectivity index (χ0n) is 25.2. The number of carbonyl (C=O) groups excluding carboxylic acids is 2. The molecule has 0 unspecified atom stereocenters. The van der Waals surface area contributed by atoms with E-state index >= 15 is 0 Å². The van der Waals surface area contributed by atoms with Crippen molar-refractivity contribution in [1.29, 1.82) is 0 Å². The number of ether oxygens (including phenoxy) is 3. The predicted molar refractivity (Wildman–Crippen MR) is 169 cm³/mol. The number of rotatable bonds is 14. The number of carbonyl (C=O) groups is 2. The normalized spacial score (nSPS) is 11.9. The second-order valence-electron chi connectivity index (χ2n) is 9.95. The minimum absolute atomic E-state index is 0.0818. The van der Waals surface area contributed by atoms with Crippen LogP contribution in [0.1, 0.15) is 33.3 Å². The fourth-order valence-electron chi connectivity index (χ4n) is 4.33. The van der Waals surface area contributed by atoms with Gasteiger partial charge in [0, 0.05) is 23.1 Å². The van der Waals surface area contributed by atoms with Crippen LogP contribution in [0.3, 0.4) is 0 Å². The van der Waals surface area contributed by atoms with Gasteiger partial charge in [-0.1, -0.05) is 28.1 Å². The van der Waals surface area contributed by atoms with Crippen molar-refractivity contribution in [1.82, 2.24) is 10.2 Å². The van der Waals surface area contributed by atoms with Gasteiger partial charge in [0.2, 0.25) is 11.8 Å². The fraction of sp³-hybridized carbons (Fsp3) is 0.355. The van der Waals surface area contributed by atoms with Crippen molar-refractivity contribution in [3.63, 3.8) is 0 Å². The minimum atomic E-state index is -4.31. The first-order valence-corrected chi connectivity index (χ1v) is 16.0. The molecule has 3 rings (SSSR count). The monoisotopic (exact) mass is 675 g/mol. The van der Waals surface area contributed by atoms with Gasteiger partial charge in [0.1, 0.15) is 18.3 Å². The largest absolute Gasteiger partial charge is 0.494 e. The van der Waals surface area contributed by atoms with E-state index in [1.165, 1.54) is 37.3 Å². The van der Waals surface area contributed by atoms with Crippen LogP contribution in [-0.4, -0.2) is 64.6 Å². The van der Waals surface area contributed by atoms with E-state index in [2.05, 4.69) is 21.2 Å². The van der Waals surface area contributed by atoms with E-state index in [-0.39, 0.29) is 34.8 Å². The Morgan fingerprint density at radius 2 is 1.60 bits per heavy atom. The van der Waals surface area contributed by atoms with Crippen LogP contribution in [0.25, 0.3) is 0 Å². The van der Waals surface area contributed by atoms with Crippen molar-refractivity contribution in [2.45, 2.75) is 51.2 Å². The Morgan fingerprint density at radius 1 is 0.930 bits per heavy atom. The average Bonchev–Trinajstić information content (AvgIpc) is 2.98. The highest BCUT2D eigenvalue weighted by Gasteiger charge is 2.33. The molecule has 0 radical (unpaired) electrons. The smallest absolute Gasteiger partial charge is 0.264 e. The van der Waals surface area contributed by atoms with Gasteiger partial charge in [-0.15, -0.1) is 0 Å². The molecule has 0 heterocycles. The van der Waals surface area contributed by atoms with Crippen molar-refractivity contribution >= 4 is 43.5 Å². The number of anilines is 1. The van der Waals surface area contributed by atoms with Gasteiger partial charge in [0.15, 0.2) is 11.5 Å². The van der Waals surface area contributed by atoms with E-state index in [1.54, 1.807) is 31.2 Å². The highest BCUT2D eigenvalue weighted by Crippen LogP contribution is 2.33. The minimum Gasteiger partial charge on any atom is -0.494 e. The molecule has 0 saturated carbocycles. The Bertz CT molecular complexity index is 1510. The lowest BCUT2D eigenvalue weighted by atomic mass is 10.1. The van der Waals surface area contributed by atoms with E-state index in [4.69, 9.17) is 14.2 Å². The first kappa shape index (κ1) is 33.7. The first-order valence-electron chi connectivity index (χ1n) is 13.7. The Balaban J connectivity index is 2.08. The van der Waals surface area contributed by atoms with Crippen LogP contribution in [-0.2, 0) is 26.2 Å². The van der Waals surface area contributed by atoms with Crippen LogP contribution >= 0.6 is 15.9 Å². The number of methoxy groups -OCH3 is 2. The maximum Gasteiger partial charge on any atom is 0.264 e. The second-order valence-corrected chi connectivity index (χ2v) is 12.7. The van der Waals surface area contributed by atoms with E-state index in [9.17, 15) is 18.0 Å². The Kier molecular flexibility index (Phi) is 11.8. The summed E-state index contributed by atoms with van der Waals surface area (Å²) in [4.78, 5) is 28.4. The van der Waals surface area contributed by atoms with Gasteiger partial charge >= 0.3 is 0 Å². The second kappa shape index (κ2) is 15.1. The highest BCUT2D eigenvalue weighted by atomic mass is 79.9. The summed E-state index contributed by atoms with van der Waals surface area (Å²) >= 11 is 3.45. The molecule has 12 heteroatoms. The Morgan fingerprint density at radius 3 is 2.19 bits per heavy atom. The van der Waals surface area contributed by atoms with Crippen molar-refractivity contribution < 1.29 is 32.2 Å². The summed E-state index contributed by atoms with van der Waals surface area (Å²) in [7, 11) is -1.45. The summed E-state index contributed by atoms with van der Waals surface area (Å²) in [6.45, 7) is 7.07. The maximum absolute atomic E-state index is 14.2. The molecule has 0 saturated heterocycles. The van der Waals surface area contributed by atoms with Gasteiger partial charge in [0.05, 0.1) is 31.4 Å². The average molecular weight is 677 g/mol. The molecule has 232 valence electrons. The number of hydrogen-bond donors (Lipinski definition) is 1. The van der Waals surface area contributed by atoms with E-state index < -0.39 is 28.5 Å². The molecule has 0 spiro atoms. The van der Waals surface area contributed by atoms with Gasteiger partial charge in [-0.25, -0.2) is 8.42 Å². The lowest BCUT2D eigenvalue weighted by Gasteiger charge is -2.32. The molecule has 1 N–H and O–H groups in total. The molecule has 1 atom stereocenters. The molecule has 2 amide bonds. The fourth-order valence-corrected chi connectivity index (χ4v) is 6.20. The van der Waals surface area contributed by atoms with Crippen molar-refractivity contribution in [3.8, 4) is 17.2 Å². The number of nitrogens with zero attached hydrogens (tertiary/aromatic N) is 2. The molecule has 0 fully saturated rings. The van der Waals surface area contributed by atoms with Gasteiger partial charge in [-0.2, -0.15) is 0 Å². The summed E-state index contributed by atoms with van der Waals surface area (Å²) in [6.07, 6.45) is 0. The van der Waals surface area contributed by atoms with Crippen molar-refractivity contribution in [2.24, 2.45) is 0 Å². The number of nitrogens with one attached hydrogen (secondary N) is 1. The van der Waals surface area contributed by atoms with Gasteiger partial charge in [-0.05, 0) is 81.8 Å². The zero-order chi connectivity index (χ0) is 31.7. The van der Waals surface area contributed by atoms with Gasteiger partial charge < -0.3 is 24.4 Å². The molecular formula is C31H38BrN3O7S. The van der Waals surface area contributed by atoms with E-state index in [1.807, 2.05) is 45.0 Å². The lowest BCUT2D eigenvalue weighted by molar-refractivity contribution is -0.139. The molecule has 10 nitrogen and oxygen atoms in total. The zero-order valence-corrected chi connectivity index (χ0v) is 27.6. The highest BCUT2D eigenvalue weighted by molar-refractivity contribution is 9.10.